The van der Waals surface area contributed by atoms with Crippen LogP contribution in [0.2, 0.25) is 0 Å². The maximum absolute atomic E-state index is 12.6. The van der Waals surface area contributed by atoms with Gasteiger partial charge in [-0.2, -0.15) is 0 Å². The van der Waals surface area contributed by atoms with Crippen LogP contribution in [0.5, 0.6) is 0 Å². The second-order valence-corrected chi connectivity index (χ2v) is 6.06. The van der Waals surface area contributed by atoms with E-state index in [-0.39, 0.29) is 11.9 Å². The normalized spacial score (nSPS) is 21.6. The average molecular weight is 303 g/mol. The molecule has 2 aromatic rings. The summed E-state index contributed by atoms with van der Waals surface area (Å²) < 4.78 is 0. The Morgan fingerprint density at radius 3 is 3.00 bits per heavy atom. The van der Waals surface area contributed by atoms with E-state index in [1.807, 2.05) is 37.3 Å². The zero-order valence-corrected chi connectivity index (χ0v) is 12.9. The third-order valence-corrected chi connectivity index (χ3v) is 4.66. The lowest BCUT2D eigenvalue weighted by Crippen LogP contribution is -2.38. The standard InChI is InChI=1S/C17H19ClN2O/c1-11-9-14(13-6-2-3-7-16(13)19-11)17(21)20-15-8-4-5-12(15)10-18/h2-3,6-7,9,12,15H,4-5,8,10H2,1H3,(H,20,21). The van der Waals surface area contributed by atoms with Gasteiger partial charge in [0.2, 0.25) is 0 Å². The molecule has 1 aromatic heterocycles. The Labute approximate surface area is 129 Å². The van der Waals surface area contributed by atoms with E-state index in [4.69, 9.17) is 11.6 Å². The number of para-hydroxylation sites is 1. The second-order valence-electron chi connectivity index (χ2n) is 5.75. The fourth-order valence-electron chi connectivity index (χ4n) is 3.15. The number of benzene rings is 1. The van der Waals surface area contributed by atoms with Crippen molar-refractivity contribution in [1.82, 2.24) is 10.3 Å². The lowest BCUT2D eigenvalue weighted by Gasteiger charge is -2.19. The SMILES string of the molecule is Cc1cc(C(=O)NC2CCCC2CCl)c2ccccc2n1. The number of aryl methyl sites for hydroxylation is 1. The molecule has 110 valence electrons. The molecule has 0 spiro atoms. The van der Waals surface area contributed by atoms with Gasteiger partial charge in [0.15, 0.2) is 0 Å². The van der Waals surface area contributed by atoms with Crippen molar-refractivity contribution in [1.29, 1.82) is 0 Å². The first-order chi connectivity index (χ1) is 10.2. The van der Waals surface area contributed by atoms with E-state index >= 15 is 0 Å². The van der Waals surface area contributed by atoms with Crippen LogP contribution < -0.4 is 5.32 Å². The molecule has 3 rings (SSSR count). The van der Waals surface area contributed by atoms with E-state index in [1.54, 1.807) is 0 Å². The van der Waals surface area contributed by atoms with Gasteiger partial charge in [0.1, 0.15) is 0 Å². The van der Waals surface area contributed by atoms with E-state index in [0.29, 0.717) is 17.4 Å². The highest BCUT2D eigenvalue weighted by Crippen LogP contribution is 2.27. The fraction of sp³-hybridized carbons (Fsp3) is 0.412. The van der Waals surface area contributed by atoms with Crippen LogP contribution in [0.4, 0.5) is 0 Å². The summed E-state index contributed by atoms with van der Waals surface area (Å²) in [5.74, 6) is 0.990. The van der Waals surface area contributed by atoms with Gasteiger partial charge in [-0.1, -0.05) is 24.6 Å². The van der Waals surface area contributed by atoms with E-state index < -0.39 is 0 Å². The Balaban J connectivity index is 1.91. The minimum absolute atomic E-state index is 0.0151. The van der Waals surface area contributed by atoms with E-state index in [1.165, 1.54) is 0 Å². The molecule has 0 radical (unpaired) electrons. The van der Waals surface area contributed by atoms with Gasteiger partial charge in [-0.15, -0.1) is 11.6 Å². The first kappa shape index (κ1) is 14.3. The van der Waals surface area contributed by atoms with Crippen LogP contribution in [0.25, 0.3) is 10.9 Å². The lowest BCUT2D eigenvalue weighted by molar-refractivity contribution is 0.0931. The molecule has 21 heavy (non-hydrogen) atoms. The number of fused-ring (bicyclic) bond motifs is 1. The zero-order chi connectivity index (χ0) is 14.8. The Morgan fingerprint density at radius 2 is 2.19 bits per heavy atom. The summed E-state index contributed by atoms with van der Waals surface area (Å²) in [7, 11) is 0. The Kier molecular flexibility index (Phi) is 4.11. The molecular weight excluding hydrogens is 284 g/mol. The van der Waals surface area contributed by atoms with Crippen molar-refractivity contribution in [3.63, 3.8) is 0 Å². The Bertz CT molecular complexity index is 671. The minimum atomic E-state index is -0.0151. The molecule has 1 aliphatic rings. The molecule has 1 saturated carbocycles. The van der Waals surface area contributed by atoms with Gasteiger partial charge in [-0.05, 0) is 37.8 Å². The molecule has 2 unspecified atom stereocenters. The van der Waals surface area contributed by atoms with Crippen molar-refractivity contribution in [2.45, 2.75) is 32.2 Å². The number of amides is 1. The number of nitrogens with one attached hydrogen (secondary N) is 1. The Hall–Kier alpha value is -1.61. The third kappa shape index (κ3) is 2.88. The van der Waals surface area contributed by atoms with Gasteiger partial charge in [0, 0.05) is 23.0 Å². The van der Waals surface area contributed by atoms with Crippen LogP contribution in [-0.4, -0.2) is 22.8 Å². The van der Waals surface area contributed by atoms with Gasteiger partial charge in [0.05, 0.1) is 11.1 Å². The topological polar surface area (TPSA) is 42.0 Å². The minimum Gasteiger partial charge on any atom is -0.349 e. The second kappa shape index (κ2) is 6.02. The molecule has 1 amide bonds. The number of hydrogen-bond donors (Lipinski definition) is 1. The van der Waals surface area contributed by atoms with Crippen LogP contribution in [0.3, 0.4) is 0 Å². The number of hydrogen-bond acceptors (Lipinski definition) is 2. The van der Waals surface area contributed by atoms with Crippen LogP contribution in [0.1, 0.15) is 35.3 Å². The predicted molar refractivity (Wildman–Crippen MR) is 85.8 cm³/mol. The lowest BCUT2D eigenvalue weighted by atomic mass is 10.0. The van der Waals surface area contributed by atoms with Crippen LogP contribution >= 0.6 is 11.6 Å². The van der Waals surface area contributed by atoms with E-state index in [2.05, 4.69) is 10.3 Å². The summed E-state index contributed by atoms with van der Waals surface area (Å²) >= 11 is 5.99. The number of carbonyl (C=O) groups is 1. The van der Waals surface area contributed by atoms with Crippen molar-refractivity contribution in [2.24, 2.45) is 5.92 Å². The number of carbonyl (C=O) groups excluding carboxylic acids is 1. The smallest absolute Gasteiger partial charge is 0.252 e. The highest BCUT2D eigenvalue weighted by Gasteiger charge is 2.28. The molecule has 0 aliphatic heterocycles. The van der Waals surface area contributed by atoms with Gasteiger partial charge < -0.3 is 5.32 Å². The summed E-state index contributed by atoms with van der Waals surface area (Å²) in [6.07, 6.45) is 3.26. The maximum Gasteiger partial charge on any atom is 0.252 e. The average Bonchev–Trinajstić information content (AvgIpc) is 2.93. The fourth-order valence-corrected chi connectivity index (χ4v) is 3.52. The third-order valence-electron chi connectivity index (χ3n) is 4.26. The zero-order valence-electron chi connectivity index (χ0n) is 12.1. The number of aromatic nitrogens is 1. The van der Waals surface area contributed by atoms with Gasteiger partial charge in [0.25, 0.3) is 5.91 Å². The molecule has 1 aromatic carbocycles. The number of halogens is 1. The number of rotatable bonds is 3. The quantitative estimate of drug-likeness (QED) is 0.879. The summed E-state index contributed by atoms with van der Waals surface area (Å²) in [6.45, 7) is 1.92. The molecule has 1 fully saturated rings. The molecule has 1 heterocycles. The Morgan fingerprint density at radius 1 is 1.38 bits per heavy atom. The van der Waals surface area contributed by atoms with E-state index in [9.17, 15) is 4.79 Å². The molecular formula is C17H19ClN2O. The molecule has 0 bridgehead atoms. The van der Waals surface area contributed by atoms with E-state index in [0.717, 1.165) is 35.9 Å². The monoisotopic (exact) mass is 302 g/mol. The molecule has 1 aliphatic carbocycles. The molecule has 2 atom stereocenters. The predicted octanol–water partition coefficient (Wildman–Crippen LogP) is 3.68. The van der Waals surface area contributed by atoms with Crippen molar-refractivity contribution in [2.75, 3.05) is 5.88 Å². The summed E-state index contributed by atoms with van der Waals surface area (Å²) in [6, 6.07) is 9.83. The van der Waals surface area contributed by atoms with Gasteiger partial charge >= 0.3 is 0 Å². The molecule has 4 heteroatoms. The number of alkyl halides is 1. The summed E-state index contributed by atoms with van der Waals surface area (Å²) in [4.78, 5) is 17.1. The van der Waals surface area contributed by atoms with Gasteiger partial charge in [-0.3, -0.25) is 9.78 Å². The molecule has 0 saturated heterocycles. The number of nitrogens with zero attached hydrogens (tertiary/aromatic N) is 1. The van der Waals surface area contributed by atoms with Crippen molar-refractivity contribution >= 4 is 28.4 Å². The summed E-state index contributed by atoms with van der Waals surface area (Å²) in [5, 5.41) is 4.07. The van der Waals surface area contributed by atoms with Crippen molar-refractivity contribution in [3.05, 3.63) is 41.6 Å². The largest absolute Gasteiger partial charge is 0.349 e. The van der Waals surface area contributed by atoms with Crippen LogP contribution in [0.15, 0.2) is 30.3 Å². The number of pyridine rings is 1. The first-order valence-corrected chi connectivity index (χ1v) is 7.95. The molecule has 3 nitrogen and oxygen atoms in total. The molecule has 1 N–H and O–H groups in total. The highest BCUT2D eigenvalue weighted by molar-refractivity contribution is 6.18. The van der Waals surface area contributed by atoms with Crippen molar-refractivity contribution < 1.29 is 4.79 Å². The highest BCUT2D eigenvalue weighted by atomic mass is 35.5. The summed E-state index contributed by atoms with van der Waals surface area (Å²) in [5.41, 5.74) is 2.43. The van der Waals surface area contributed by atoms with Crippen molar-refractivity contribution in [3.8, 4) is 0 Å². The van der Waals surface area contributed by atoms with Crippen LogP contribution in [-0.2, 0) is 0 Å². The van der Waals surface area contributed by atoms with Gasteiger partial charge in [-0.25, -0.2) is 0 Å². The maximum atomic E-state index is 12.6. The van der Waals surface area contributed by atoms with Crippen LogP contribution in [0, 0.1) is 12.8 Å². The first-order valence-electron chi connectivity index (χ1n) is 7.42.